The number of hydrogen-bond donors (Lipinski definition) is 0. The van der Waals surface area contributed by atoms with Crippen molar-refractivity contribution in [3.8, 4) is 0 Å². The quantitative estimate of drug-likeness (QED) is 0.108. The van der Waals surface area contributed by atoms with Gasteiger partial charge in [-0.25, -0.2) is 0 Å². The second kappa shape index (κ2) is 17.7. The predicted octanol–water partition coefficient (Wildman–Crippen LogP) is 9.97. The van der Waals surface area contributed by atoms with Crippen LogP contribution in [0.5, 0.6) is 0 Å². The first-order chi connectivity index (χ1) is 29.0. The van der Waals surface area contributed by atoms with Gasteiger partial charge >= 0.3 is 134 Å². The molecule has 0 unspecified atom stereocenters. The summed E-state index contributed by atoms with van der Waals surface area (Å²) in [5, 5.41) is 1.48. The van der Waals surface area contributed by atoms with E-state index < -0.39 is 5.31 Å². The SMILES string of the molecule is C=C1CC[C@]2(CO2)[C@@H]([C@@]2(C)O[C@@H]2CC=C(C)C)[C@@H]1OC.CO[C@@H]1C(=O)CC[C@]2(CO2)[C@H]1[C@@]1(C)O[C@@H]1CC=C(C)C.CP(Br)(c1ccccc1)(c1ccccc1)c1ccccc1. The van der Waals surface area contributed by atoms with E-state index in [0.717, 1.165) is 45.3 Å². The third-order valence-corrected chi connectivity index (χ3v) is 22.7. The van der Waals surface area contributed by atoms with Gasteiger partial charge in [-0.3, -0.25) is 4.79 Å². The molecule has 6 aliphatic rings. The standard InChI is InChI=1S/C19H18BrP.C17H26O3.C16H24O4/c1-21(20,17-11-5-2-6-12-17,18-13-7-3-8-14-18)19-15-9-4-10-16-19;1-11(2)6-7-13-16(4,20-13)15-14(18-5)12(3)8-9-17(15)10-19-17;1-10(2)5-6-12-15(3,20-12)14-13(18-4)11(17)7-8-16(14)9-19-16/h2-16H,1H3;6,13-15H,3,7-10H2,1-2,4-5H3;5,12-14H,6-9H2,1-4H3/t;13-,14-,15-,16+,17+;12-,13-,14-,15+,16+/m.11/s1. The second-order valence-corrected chi connectivity index (χ2v) is 28.9. The minimum atomic E-state index is -2.56. The van der Waals surface area contributed by atoms with Gasteiger partial charge < -0.3 is 28.4 Å². The van der Waals surface area contributed by atoms with Crippen LogP contribution >= 0.6 is 20.8 Å². The zero-order chi connectivity index (χ0) is 43.9. The van der Waals surface area contributed by atoms with Crippen molar-refractivity contribution in [3.05, 3.63) is 126 Å². The summed E-state index contributed by atoms with van der Waals surface area (Å²) in [6.07, 6.45) is 9.91. The maximum absolute atomic E-state index is 12.2. The predicted molar refractivity (Wildman–Crippen MR) is 253 cm³/mol. The first-order valence-corrected chi connectivity index (χ1v) is 26.7. The number of methoxy groups -OCH3 is 2. The summed E-state index contributed by atoms with van der Waals surface area (Å²) in [5.74, 6) is 0.491. The summed E-state index contributed by atoms with van der Waals surface area (Å²) in [6.45, 7) is 20.9. The fourth-order valence-electron chi connectivity index (χ4n) is 10.5. The zero-order valence-electron chi connectivity index (χ0n) is 37.8. The maximum atomic E-state index is 12.2. The summed E-state index contributed by atoms with van der Waals surface area (Å²) in [5.41, 5.74) is 3.21. The number of carbonyl (C=O) groups is 1. The number of ether oxygens (including phenoxy) is 6. The molecule has 4 saturated heterocycles. The van der Waals surface area contributed by atoms with Gasteiger partial charge in [0.15, 0.2) is 5.78 Å². The Bertz CT molecular complexity index is 1900. The van der Waals surface area contributed by atoms with Crippen molar-refractivity contribution in [1.29, 1.82) is 0 Å². The van der Waals surface area contributed by atoms with Crippen molar-refractivity contribution in [3.63, 3.8) is 0 Å². The molecule has 6 fully saturated rings. The van der Waals surface area contributed by atoms with Crippen molar-refractivity contribution in [2.24, 2.45) is 11.8 Å². The molecule has 0 radical (unpaired) electrons. The number of allylic oxidation sites excluding steroid dienone is 2. The fraction of sp³-hybridized carbons (Fsp3) is 0.519. The van der Waals surface area contributed by atoms with Crippen LogP contribution < -0.4 is 15.9 Å². The van der Waals surface area contributed by atoms with Gasteiger partial charge in [0.1, 0.15) is 28.5 Å². The Labute approximate surface area is 373 Å². The number of hydrogen-bond acceptors (Lipinski definition) is 7. The van der Waals surface area contributed by atoms with Crippen LogP contribution in [0.4, 0.5) is 0 Å². The van der Waals surface area contributed by atoms with E-state index in [0.29, 0.717) is 6.42 Å². The fourth-order valence-corrected chi connectivity index (χ4v) is 16.1. The third kappa shape index (κ3) is 9.00. The molecule has 61 heavy (non-hydrogen) atoms. The van der Waals surface area contributed by atoms with Crippen molar-refractivity contribution in [1.82, 2.24) is 0 Å². The topological polar surface area (TPSA) is 85.6 Å². The Hall–Kier alpha value is -2.78. The molecule has 0 amide bonds. The number of carbonyl (C=O) groups excluding carboxylic acids is 1. The summed E-state index contributed by atoms with van der Waals surface area (Å²) in [7, 11) is 3.40. The third-order valence-electron chi connectivity index (χ3n) is 14.4. The molecule has 4 aliphatic heterocycles. The van der Waals surface area contributed by atoms with Gasteiger partial charge in [-0.2, -0.15) is 0 Å². The molecule has 0 N–H and O–H groups in total. The molecule has 2 saturated carbocycles. The van der Waals surface area contributed by atoms with Crippen molar-refractivity contribution < 1.29 is 33.2 Å². The first-order valence-electron chi connectivity index (χ1n) is 22.0. The molecule has 9 rings (SSSR count). The molecule has 2 spiro atoms. The summed E-state index contributed by atoms with van der Waals surface area (Å²) >= 11 is 4.24. The van der Waals surface area contributed by atoms with Crippen LogP contribution in [0.3, 0.4) is 0 Å². The number of halogens is 1. The van der Waals surface area contributed by atoms with E-state index in [2.05, 4.69) is 173 Å². The summed E-state index contributed by atoms with van der Waals surface area (Å²) in [4.78, 5) is 12.2. The van der Waals surface area contributed by atoms with E-state index in [1.165, 1.54) is 32.6 Å². The minimum absolute atomic E-state index is 0.0175. The van der Waals surface area contributed by atoms with Crippen LogP contribution in [0, 0.1) is 11.8 Å². The van der Waals surface area contributed by atoms with E-state index in [1.807, 2.05) is 0 Å². The van der Waals surface area contributed by atoms with E-state index in [9.17, 15) is 4.79 Å². The molecular weight excluding hydrogens is 847 g/mol. The number of Topliss-reactive ketones (excluding diaryl/α,β-unsaturated/α-hetero) is 1. The normalized spacial score (nSPS) is 35.0. The molecule has 0 aromatic heterocycles. The van der Waals surface area contributed by atoms with E-state index in [-0.39, 0.29) is 64.4 Å². The molecule has 9 heteroatoms. The monoisotopic (exact) mass is 914 g/mol. The molecular formula is C52H68BrO7P. The Balaban J connectivity index is 0.000000138. The van der Waals surface area contributed by atoms with E-state index in [4.69, 9.17) is 28.4 Å². The number of ketones is 1. The van der Waals surface area contributed by atoms with E-state index >= 15 is 0 Å². The average Bonchev–Trinajstić information content (AvgIpc) is 4.14. The Kier molecular flexibility index (Phi) is 13.4. The molecule has 2 aliphatic carbocycles. The Morgan fingerprint density at radius 2 is 1.05 bits per heavy atom. The van der Waals surface area contributed by atoms with Crippen LogP contribution in [-0.4, -0.2) is 86.7 Å². The van der Waals surface area contributed by atoms with Crippen LogP contribution in [0.1, 0.15) is 80.1 Å². The Morgan fingerprint density at radius 1 is 0.689 bits per heavy atom. The van der Waals surface area contributed by atoms with Gasteiger partial charge in [0.25, 0.3) is 0 Å². The van der Waals surface area contributed by atoms with Crippen LogP contribution in [0.2, 0.25) is 0 Å². The summed E-state index contributed by atoms with van der Waals surface area (Å²) in [6, 6.07) is 32.3. The summed E-state index contributed by atoms with van der Waals surface area (Å²) < 4.78 is 35.0. The molecule has 3 aromatic carbocycles. The molecule has 0 bridgehead atoms. The van der Waals surface area contributed by atoms with Crippen LogP contribution in [0.25, 0.3) is 0 Å². The molecule has 330 valence electrons. The van der Waals surface area contributed by atoms with Gasteiger partial charge in [-0.05, 0) is 79.2 Å². The van der Waals surface area contributed by atoms with Crippen molar-refractivity contribution in [2.45, 2.75) is 127 Å². The molecule has 3 aromatic rings. The molecule has 4 heterocycles. The van der Waals surface area contributed by atoms with Crippen molar-refractivity contribution in [2.75, 3.05) is 34.1 Å². The van der Waals surface area contributed by atoms with Gasteiger partial charge in [0, 0.05) is 20.6 Å². The van der Waals surface area contributed by atoms with Crippen LogP contribution in [0.15, 0.2) is 126 Å². The van der Waals surface area contributed by atoms with E-state index in [1.54, 1.807) is 14.2 Å². The number of rotatable bonds is 11. The van der Waals surface area contributed by atoms with Crippen LogP contribution in [-0.2, 0) is 33.2 Å². The number of epoxide rings is 4. The average molecular weight is 916 g/mol. The van der Waals surface area contributed by atoms with Gasteiger partial charge in [0.05, 0.1) is 43.4 Å². The van der Waals surface area contributed by atoms with Crippen molar-refractivity contribution >= 4 is 42.5 Å². The number of benzene rings is 3. The zero-order valence-corrected chi connectivity index (χ0v) is 40.3. The molecule has 10 atom stereocenters. The second-order valence-electron chi connectivity index (χ2n) is 19.1. The van der Waals surface area contributed by atoms with Gasteiger partial charge in [0.2, 0.25) is 0 Å². The van der Waals surface area contributed by atoms with Gasteiger partial charge in [-0.15, -0.1) is 0 Å². The first kappa shape index (κ1) is 46.2. The Morgan fingerprint density at radius 3 is 1.39 bits per heavy atom. The van der Waals surface area contributed by atoms with Gasteiger partial charge in [-0.1, -0.05) is 29.9 Å². The molecule has 7 nitrogen and oxygen atoms in total.